The molecule has 0 aliphatic carbocycles. The summed E-state index contributed by atoms with van der Waals surface area (Å²) in [5.41, 5.74) is 2.80. The fourth-order valence-electron chi connectivity index (χ4n) is 4.44. The molecule has 0 saturated carbocycles. The summed E-state index contributed by atoms with van der Waals surface area (Å²) in [7, 11) is 0. The molecule has 3 aromatic carbocycles. The van der Waals surface area contributed by atoms with Crippen molar-refractivity contribution in [1.82, 2.24) is 4.90 Å². The van der Waals surface area contributed by atoms with Crippen molar-refractivity contribution in [3.63, 3.8) is 0 Å². The SMILES string of the molecule is Cc1cc(OC(=O)[C@@H]2CC(=O)N(Cc3ccccc3)C2)ccc1N1C(=O)c2ccccc2C1=O. The number of likely N-dealkylation sites (tertiary alicyclic amines) is 1. The molecule has 34 heavy (non-hydrogen) atoms. The average Bonchev–Trinajstić information content (AvgIpc) is 3.32. The van der Waals surface area contributed by atoms with E-state index in [1.165, 1.54) is 0 Å². The van der Waals surface area contributed by atoms with Crippen LogP contribution in [0.25, 0.3) is 0 Å². The summed E-state index contributed by atoms with van der Waals surface area (Å²) in [6, 6.07) is 21.1. The molecular formula is C27H22N2O5. The molecule has 1 atom stereocenters. The molecule has 1 saturated heterocycles. The Morgan fingerprint density at radius 2 is 1.56 bits per heavy atom. The lowest BCUT2D eigenvalue weighted by molar-refractivity contribution is -0.139. The Labute approximate surface area is 196 Å². The van der Waals surface area contributed by atoms with Crippen molar-refractivity contribution in [2.75, 3.05) is 11.4 Å². The molecular weight excluding hydrogens is 432 g/mol. The largest absolute Gasteiger partial charge is 0.426 e. The minimum atomic E-state index is -0.549. The van der Waals surface area contributed by atoms with Crippen LogP contribution < -0.4 is 9.64 Å². The van der Waals surface area contributed by atoms with Crippen molar-refractivity contribution in [3.8, 4) is 5.75 Å². The number of nitrogens with zero attached hydrogens (tertiary/aromatic N) is 2. The van der Waals surface area contributed by atoms with E-state index >= 15 is 0 Å². The lowest BCUT2D eigenvalue weighted by Crippen LogP contribution is -2.30. The second kappa shape index (κ2) is 8.59. The van der Waals surface area contributed by atoms with Gasteiger partial charge in [-0.15, -0.1) is 0 Å². The van der Waals surface area contributed by atoms with Crippen LogP contribution in [-0.2, 0) is 16.1 Å². The summed E-state index contributed by atoms with van der Waals surface area (Å²) in [4.78, 5) is 53.5. The zero-order chi connectivity index (χ0) is 23.8. The number of benzene rings is 3. The van der Waals surface area contributed by atoms with Crippen LogP contribution in [-0.4, -0.2) is 35.1 Å². The lowest BCUT2D eigenvalue weighted by Gasteiger charge is -2.18. The molecule has 0 radical (unpaired) electrons. The van der Waals surface area contributed by atoms with E-state index < -0.39 is 11.9 Å². The molecule has 2 aliphatic rings. The fraction of sp³-hybridized carbons (Fsp3) is 0.185. The van der Waals surface area contributed by atoms with Crippen LogP contribution in [0.15, 0.2) is 72.8 Å². The Kier molecular flexibility index (Phi) is 5.45. The first-order valence-electron chi connectivity index (χ1n) is 11.0. The zero-order valence-electron chi connectivity index (χ0n) is 18.6. The second-order valence-corrected chi connectivity index (χ2v) is 8.52. The molecule has 7 nitrogen and oxygen atoms in total. The first-order valence-corrected chi connectivity index (χ1v) is 11.0. The Morgan fingerprint density at radius 3 is 2.21 bits per heavy atom. The van der Waals surface area contributed by atoms with Gasteiger partial charge < -0.3 is 9.64 Å². The number of carbonyl (C=O) groups is 4. The number of ether oxygens (including phenoxy) is 1. The van der Waals surface area contributed by atoms with Crippen molar-refractivity contribution in [1.29, 1.82) is 0 Å². The van der Waals surface area contributed by atoms with Crippen LogP contribution in [0.1, 0.15) is 38.3 Å². The van der Waals surface area contributed by atoms with Gasteiger partial charge >= 0.3 is 5.97 Å². The maximum atomic E-state index is 12.8. The van der Waals surface area contributed by atoms with E-state index in [4.69, 9.17) is 4.74 Å². The highest BCUT2D eigenvalue weighted by atomic mass is 16.5. The predicted octanol–water partition coefficient (Wildman–Crippen LogP) is 3.75. The maximum Gasteiger partial charge on any atom is 0.316 e. The average molecular weight is 454 g/mol. The van der Waals surface area contributed by atoms with E-state index in [0.29, 0.717) is 41.2 Å². The molecule has 0 bridgehead atoms. The number of amides is 3. The number of hydrogen-bond acceptors (Lipinski definition) is 5. The van der Waals surface area contributed by atoms with Crippen molar-refractivity contribution < 1.29 is 23.9 Å². The van der Waals surface area contributed by atoms with Gasteiger partial charge in [-0.1, -0.05) is 42.5 Å². The number of esters is 1. The third-order valence-electron chi connectivity index (χ3n) is 6.19. The van der Waals surface area contributed by atoms with Crippen molar-refractivity contribution in [3.05, 3.63) is 95.1 Å². The zero-order valence-corrected chi connectivity index (χ0v) is 18.6. The summed E-state index contributed by atoms with van der Waals surface area (Å²) in [5, 5.41) is 0. The minimum Gasteiger partial charge on any atom is -0.426 e. The molecule has 3 amide bonds. The van der Waals surface area contributed by atoms with Gasteiger partial charge in [0, 0.05) is 19.5 Å². The van der Waals surface area contributed by atoms with Gasteiger partial charge in [0.15, 0.2) is 0 Å². The number of anilines is 1. The Balaban J connectivity index is 1.27. The molecule has 0 spiro atoms. The quantitative estimate of drug-likeness (QED) is 0.333. The van der Waals surface area contributed by atoms with Crippen LogP contribution in [0.3, 0.4) is 0 Å². The van der Waals surface area contributed by atoms with E-state index in [9.17, 15) is 19.2 Å². The summed E-state index contributed by atoms with van der Waals surface area (Å²) < 4.78 is 5.55. The monoisotopic (exact) mass is 454 g/mol. The molecule has 0 unspecified atom stereocenters. The van der Waals surface area contributed by atoms with Gasteiger partial charge in [-0.3, -0.25) is 19.2 Å². The number of fused-ring (bicyclic) bond motifs is 1. The van der Waals surface area contributed by atoms with Gasteiger partial charge in [0.1, 0.15) is 5.75 Å². The van der Waals surface area contributed by atoms with Crippen LogP contribution >= 0.6 is 0 Å². The van der Waals surface area contributed by atoms with Crippen molar-refractivity contribution >= 4 is 29.4 Å². The molecule has 5 rings (SSSR count). The van der Waals surface area contributed by atoms with Gasteiger partial charge in [0.2, 0.25) is 5.91 Å². The van der Waals surface area contributed by atoms with E-state index in [2.05, 4.69) is 0 Å². The Bertz CT molecular complexity index is 1280. The van der Waals surface area contributed by atoms with Gasteiger partial charge in [-0.2, -0.15) is 0 Å². The normalized spacial score (nSPS) is 17.3. The smallest absolute Gasteiger partial charge is 0.316 e. The number of carbonyl (C=O) groups excluding carboxylic acids is 4. The number of aryl methyl sites for hydroxylation is 1. The molecule has 2 aliphatic heterocycles. The maximum absolute atomic E-state index is 12.8. The van der Waals surface area contributed by atoms with Crippen LogP contribution in [0.4, 0.5) is 5.69 Å². The van der Waals surface area contributed by atoms with Crippen LogP contribution in [0.5, 0.6) is 5.75 Å². The first kappa shape index (κ1) is 21.6. The highest BCUT2D eigenvalue weighted by Crippen LogP contribution is 2.33. The molecule has 3 aromatic rings. The summed E-state index contributed by atoms with van der Waals surface area (Å²) in [5.74, 6) is -1.56. The Hall–Kier alpha value is -4.26. The van der Waals surface area contributed by atoms with Gasteiger partial charge in [-0.25, -0.2) is 4.90 Å². The van der Waals surface area contributed by atoms with Crippen LogP contribution in [0.2, 0.25) is 0 Å². The number of hydrogen-bond donors (Lipinski definition) is 0. The van der Waals surface area contributed by atoms with Gasteiger partial charge in [-0.05, 0) is 48.4 Å². The molecule has 170 valence electrons. The molecule has 7 heteroatoms. The summed E-state index contributed by atoms with van der Waals surface area (Å²) >= 11 is 0. The standard InChI is InChI=1S/C27H22N2O5/c1-17-13-20(11-12-23(17)29-25(31)21-9-5-6-10-22(21)26(29)32)34-27(33)19-14-24(30)28(16-19)15-18-7-3-2-4-8-18/h2-13,19H,14-16H2,1H3/t19-/m1/s1. The van der Waals surface area contributed by atoms with Crippen molar-refractivity contribution in [2.24, 2.45) is 5.92 Å². The van der Waals surface area contributed by atoms with Gasteiger partial charge in [0.25, 0.3) is 11.8 Å². The first-order chi connectivity index (χ1) is 16.4. The van der Waals surface area contributed by atoms with Crippen LogP contribution in [0, 0.1) is 12.8 Å². The topological polar surface area (TPSA) is 84.0 Å². The highest BCUT2D eigenvalue weighted by Gasteiger charge is 2.38. The lowest BCUT2D eigenvalue weighted by atomic mass is 10.1. The molecule has 0 N–H and O–H groups in total. The van der Waals surface area contributed by atoms with E-state index in [1.54, 1.807) is 54.3 Å². The second-order valence-electron chi connectivity index (χ2n) is 8.52. The molecule has 0 aromatic heterocycles. The molecule has 1 fully saturated rings. The third-order valence-corrected chi connectivity index (χ3v) is 6.19. The highest BCUT2D eigenvalue weighted by molar-refractivity contribution is 6.34. The van der Waals surface area contributed by atoms with Crippen molar-refractivity contribution in [2.45, 2.75) is 19.9 Å². The fourth-order valence-corrected chi connectivity index (χ4v) is 4.44. The minimum absolute atomic E-state index is 0.0806. The molecule has 2 heterocycles. The summed E-state index contributed by atoms with van der Waals surface area (Å²) in [6.45, 7) is 2.51. The van der Waals surface area contributed by atoms with Gasteiger partial charge in [0.05, 0.1) is 22.7 Å². The summed E-state index contributed by atoms with van der Waals surface area (Å²) in [6.07, 6.45) is 0.109. The Morgan fingerprint density at radius 1 is 0.912 bits per heavy atom. The van der Waals surface area contributed by atoms with E-state index in [1.807, 2.05) is 30.3 Å². The number of rotatable bonds is 5. The predicted molar refractivity (Wildman–Crippen MR) is 124 cm³/mol. The third kappa shape index (κ3) is 3.85. The van der Waals surface area contributed by atoms with E-state index in [0.717, 1.165) is 10.5 Å². The number of imide groups is 1. The van der Waals surface area contributed by atoms with E-state index in [-0.39, 0.29) is 24.1 Å².